The first-order valence-electron chi connectivity index (χ1n) is 8.82. The number of benzene rings is 2. The van der Waals surface area contributed by atoms with Crippen LogP contribution in [-0.4, -0.2) is 5.91 Å². The van der Waals surface area contributed by atoms with E-state index in [9.17, 15) is 9.18 Å². The molecule has 0 aromatic heterocycles. The number of carbonyl (C=O) groups excluding carboxylic acids is 1. The lowest BCUT2D eigenvalue weighted by molar-refractivity contribution is -0.115. The van der Waals surface area contributed by atoms with Crippen LogP contribution in [0.15, 0.2) is 30.3 Å². The zero-order valence-corrected chi connectivity index (χ0v) is 15.4. The number of anilines is 1. The fraction of sp³-hybridized carbons (Fsp3) is 0.381. The highest BCUT2D eigenvalue weighted by Gasteiger charge is 2.13. The van der Waals surface area contributed by atoms with Crippen LogP contribution in [0.3, 0.4) is 0 Å². The fourth-order valence-electron chi connectivity index (χ4n) is 2.78. The van der Waals surface area contributed by atoms with Gasteiger partial charge in [0, 0.05) is 12.0 Å². The third-order valence-corrected chi connectivity index (χ3v) is 4.37. The Morgan fingerprint density at radius 2 is 1.84 bits per heavy atom. The second-order valence-electron chi connectivity index (χ2n) is 6.05. The minimum Gasteiger partial charge on any atom is -0.488 e. The minimum absolute atomic E-state index is 0.0733. The second kappa shape index (κ2) is 8.65. The summed E-state index contributed by atoms with van der Waals surface area (Å²) in [5.74, 6) is 0.242. The van der Waals surface area contributed by atoms with Gasteiger partial charge in [-0.15, -0.1) is 0 Å². The molecule has 25 heavy (non-hydrogen) atoms. The Hall–Kier alpha value is -2.36. The Morgan fingerprint density at radius 3 is 2.48 bits per heavy atom. The molecule has 0 aliphatic carbocycles. The van der Waals surface area contributed by atoms with Gasteiger partial charge in [0.15, 0.2) is 0 Å². The van der Waals surface area contributed by atoms with E-state index >= 15 is 0 Å². The highest BCUT2D eigenvalue weighted by atomic mass is 19.1. The van der Waals surface area contributed by atoms with Crippen molar-refractivity contribution in [1.29, 1.82) is 0 Å². The lowest BCUT2D eigenvalue weighted by Gasteiger charge is -2.16. The zero-order chi connectivity index (χ0) is 18.4. The molecule has 0 saturated carbocycles. The Labute approximate surface area is 149 Å². The normalized spacial score (nSPS) is 10.6. The molecule has 1 amide bonds. The smallest absolute Gasteiger partial charge is 0.224 e. The van der Waals surface area contributed by atoms with Gasteiger partial charge < -0.3 is 10.1 Å². The minimum atomic E-state index is -0.381. The third kappa shape index (κ3) is 4.59. The summed E-state index contributed by atoms with van der Waals surface area (Å²) in [5.41, 5.74) is 4.40. The van der Waals surface area contributed by atoms with Crippen LogP contribution in [0.2, 0.25) is 0 Å². The maximum absolute atomic E-state index is 14.3. The second-order valence-corrected chi connectivity index (χ2v) is 6.05. The zero-order valence-electron chi connectivity index (χ0n) is 15.4. The van der Waals surface area contributed by atoms with Gasteiger partial charge in [0.1, 0.15) is 18.2 Å². The number of halogens is 1. The number of hydrogen-bond acceptors (Lipinski definition) is 2. The third-order valence-electron chi connectivity index (χ3n) is 4.37. The van der Waals surface area contributed by atoms with Crippen LogP contribution < -0.4 is 10.1 Å². The van der Waals surface area contributed by atoms with E-state index in [-0.39, 0.29) is 18.3 Å². The average molecular weight is 343 g/mol. The molecule has 2 rings (SSSR count). The summed E-state index contributed by atoms with van der Waals surface area (Å²) >= 11 is 0. The molecule has 1 N–H and O–H groups in total. The number of rotatable bonds is 7. The molecule has 0 fully saturated rings. The highest BCUT2D eigenvalue weighted by molar-refractivity contribution is 5.91. The van der Waals surface area contributed by atoms with Gasteiger partial charge in [-0.2, -0.15) is 0 Å². The van der Waals surface area contributed by atoms with Gasteiger partial charge in [-0.05, 0) is 54.7 Å². The highest BCUT2D eigenvalue weighted by Crippen LogP contribution is 2.27. The molecule has 134 valence electrons. The van der Waals surface area contributed by atoms with E-state index in [0.717, 1.165) is 24.2 Å². The van der Waals surface area contributed by atoms with Crippen molar-refractivity contribution in [2.45, 2.75) is 53.6 Å². The van der Waals surface area contributed by atoms with Crippen molar-refractivity contribution in [3.8, 4) is 5.75 Å². The van der Waals surface area contributed by atoms with Gasteiger partial charge in [0.25, 0.3) is 0 Å². The van der Waals surface area contributed by atoms with E-state index in [4.69, 9.17) is 4.74 Å². The van der Waals surface area contributed by atoms with Crippen LogP contribution in [0.4, 0.5) is 10.1 Å². The number of aryl methyl sites for hydroxylation is 3. The first-order valence-corrected chi connectivity index (χ1v) is 8.82. The number of nitrogens with one attached hydrogen (secondary N) is 1. The predicted octanol–water partition coefficient (Wildman–Crippen LogP) is 5.19. The Kier molecular flexibility index (Phi) is 6.57. The molecular formula is C21H26FNO2. The van der Waals surface area contributed by atoms with Crippen molar-refractivity contribution in [2.24, 2.45) is 0 Å². The number of carbonyl (C=O) groups is 1. The van der Waals surface area contributed by atoms with Crippen molar-refractivity contribution in [1.82, 2.24) is 0 Å². The Balaban J connectivity index is 2.27. The van der Waals surface area contributed by atoms with Crippen LogP contribution in [0.25, 0.3) is 0 Å². The SMILES string of the molecule is CCC(=O)Nc1cccc(F)c1COc1cc(C)c(CC)cc1CC. The van der Waals surface area contributed by atoms with E-state index in [1.807, 2.05) is 6.07 Å². The van der Waals surface area contributed by atoms with Gasteiger partial charge in [0.2, 0.25) is 5.91 Å². The molecule has 2 aromatic carbocycles. The van der Waals surface area contributed by atoms with Crippen molar-refractivity contribution >= 4 is 11.6 Å². The molecule has 0 bridgehead atoms. The molecule has 4 heteroatoms. The van der Waals surface area contributed by atoms with Crippen LogP contribution in [-0.2, 0) is 24.2 Å². The summed E-state index contributed by atoms with van der Waals surface area (Å²) in [6.07, 6.45) is 2.16. The molecule has 2 aromatic rings. The topological polar surface area (TPSA) is 38.3 Å². The quantitative estimate of drug-likeness (QED) is 0.751. The monoisotopic (exact) mass is 343 g/mol. The molecule has 0 heterocycles. The fourth-order valence-corrected chi connectivity index (χ4v) is 2.78. The summed E-state index contributed by atoms with van der Waals surface area (Å²) in [6, 6.07) is 8.84. The van der Waals surface area contributed by atoms with Crippen molar-refractivity contribution < 1.29 is 13.9 Å². The molecule has 0 unspecified atom stereocenters. The van der Waals surface area contributed by atoms with Crippen LogP contribution in [0.5, 0.6) is 5.75 Å². The summed E-state index contributed by atoms with van der Waals surface area (Å²) < 4.78 is 20.2. The van der Waals surface area contributed by atoms with Gasteiger partial charge in [-0.1, -0.05) is 32.9 Å². The molecule has 0 saturated heterocycles. The van der Waals surface area contributed by atoms with Gasteiger partial charge in [0.05, 0.1) is 5.69 Å². The van der Waals surface area contributed by atoms with Crippen molar-refractivity contribution in [2.75, 3.05) is 5.32 Å². The Bertz CT molecular complexity index is 756. The average Bonchev–Trinajstić information content (AvgIpc) is 2.61. The lowest BCUT2D eigenvalue weighted by atomic mass is 10.0. The van der Waals surface area contributed by atoms with Crippen molar-refractivity contribution in [3.05, 3.63) is 58.4 Å². The molecule has 0 aliphatic heterocycles. The van der Waals surface area contributed by atoms with E-state index in [1.54, 1.807) is 19.1 Å². The summed E-state index contributed by atoms with van der Waals surface area (Å²) in [5, 5.41) is 2.74. The van der Waals surface area contributed by atoms with Gasteiger partial charge in [-0.25, -0.2) is 4.39 Å². The lowest BCUT2D eigenvalue weighted by Crippen LogP contribution is -2.13. The number of ether oxygens (including phenoxy) is 1. The molecule has 3 nitrogen and oxygen atoms in total. The Morgan fingerprint density at radius 1 is 1.12 bits per heavy atom. The molecular weight excluding hydrogens is 317 g/mol. The first kappa shape index (κ1) is 19.0. The summed E-state index contributed by atoms with van der Waals surface area (Å²) in [7, 11) is 0. The van der Waals surface area contributed by atoms with Crippen LogP contribution in [0.1, 0.15) is 49.4 Å². The van der Waals surface area contributed by atoms with E-state index < -0.39 is 0 Å². The molecule has 0 spiro atoms. The summed E-state index contributed by atoms with van der Waals surface area (Å²) in [4.78, 5) is 11.7. The molecule has 0 aliphatic rings. The maximum Gasteiger partial charge on any atom is 0.224 e. The van der Waals surface area contributed by atoms with Gasteiger partial charge in [-0.3, -0.25) is 4.79 Å². The van der Waals surface area contributed by atoms with E-state index in [1.165, 1.54) is 17.2 Å². The van der Waals surface area contributed by atoms with E-state index in [0.29, 0.717) is 17.7 Å². The molecule has 0 atom stereocenters. The first-order chi connectivity index (χ1) is 12.0. The van der Waals surface area contributed by atoms with Gasteiger partial charge >= 0.3 is 0 Å². The standard InChI is InChI=1S/C21H26FNO2/c1-5-15-12-16(6-2)20(11-14(15)4)25-13-17-18(22)9-8-10-19(17)23-21(24)7-3/h8-12H,5-7,13H2,1-4H3,(H,23,24). The number of hydrogen-bond donors (Lipinski definition) is 1. The van der Waals surface area contributed by atoms with Crippen LogP contribution in [0, 0.1) is 12.7 Å². The predicted molar refractivity (Wildman–Crippen MR) is 99.6 cm³/mol. The van der Waals surface area contributed by atoms with Crippen LogP contribution >= 0.6 is 0 Å². The molecule has 0 radical (unpaired) electrons. The summed E-state index contributed by atoms with van der Waals surface area (Å²) in [6.45, 7) is 8.10. The van der Waals surface area contributed by atoms with Crippen molar-refractivity contribution in [3.63, 3.8) is 0 Å². The number of amides is 1. The van der Waals surface area contributed by atoms with E-state index in [2.05, 4.69) is 32.2 Å². The maximum atomic E-state index is 14.3. The largest absolute Gasteiger partial charge is 0.488 e.